The van der Waals surface area contributed by atoms with Gasteiger partial charge in [-0.15, -0.1) is 0 Å². The van der Waals surface area contributed by atoms with E-state index in [0.717, 1.165) is 36.6 Å². The Hall–Kier alpha value is -3.09. The second-order valence-corrected chi connectivity index (χ2v) is 12.8. The van der Waals surface area contributed by atoms with Gasteiger partial charge in [-0.3, -0.25) is 0 Å². The summed E-state index contributed by atoms with van der Waals surface area (Å²) < 4.78 is 18.2. The van der Waals surface area contributed by atoms with Crippen LogP contribution in [-0.2, 0) is 14.2 Å². The maximum Gasteiger partial charge on any atom is 0.407 e. The van der Waals surface area contributed by atoms with Crippen molar-refractivity contribution in [2.45, 2.75) is 75.1 Å². The van der Waals surface area contributed by atoms with Crippen molar-refractivity contribution >= 4 is 46.9 Å². The summed E-state index contributed by atoms with van der Waals surface area (Å²) in [5, 5.41) is 4.19. The van der Waals surface area contributed by atoms with E-state index < -0.39 is 17.7 Å². The topological polar surface area (TPSA) is 120 Å². The highest BCUT2D eigenvalue weighted by Crippen LogP contribution is 2.43. The standard InChI is InChI=1S/C28H35ClN6O5S/c1-6-38-25(36)18-15-35-10-7-19(22(29)24(35)32-18)41-21-14-30-20(13-31-21)34-11-8-28(9-12-34)16-39-17(2)23(28)33-26(37)40-27(3,4)5/h7,10,13-15,17,23H,6,8-9,11-12,16H2,1-5H3,(H,33,37)/t17-,23+/m0/s1. The summed E-state index contributed by atoms with van der Waals surface area (Å²) in [6.45, 7) is 11.7. The molecule has 1 spiro atoms. The van der Waals surface area contributed by atoms with E-state index in [1.54, 1.807) is 36.1 Å². The number of amides is 1. The Morgan fingerprint density at radius 1 is 1.24 bits per heavy atom. The van der Waals surface area contributed by atoms with E-state index in [4.69, 9.17) is 25.8 Å². The number of esters is 1. The zero-order chi connectivity index (χ0) is 29.4. The van der Waals surface area contributed by atoms with Crippen molar-refractivity contribution in [3.8, 4) is 0 Å². The van der Waals surface area contributed by atoms with E-state index in [1.165, 1.54) is 11.8 Å². The van der Waals surface area contributed by atoms with Gasteiger partial charge in [0.05, 0.1) is 42.8 Å². The number of alkyl carbamates (subject to hydrolysis) is 1. The highest BCUT2D eigenvalue weighted by Gasteiger charge is 2.50. The molecule has 41 heavy (non-hydrogen) atoms. The fraction of sp³-hybridized carbons (Fsp3) is 0.536. The molecular weight excluding hydrogens is 568 g/mol. The third-order valence-electron chi connectivity index (χ3n) is 7.36. The Morgan fingerprint density at radius 2 is 2.00 bits per heavy atom. The summed E-state index contributed by atoms with van der Waals surface area (Å²) in [7, 11) is 0. The smallest absolute Gasteiger partial charge is 0.407 e. The molecule has 3 aromatic rings. The van der Waals surface area contributed by atoms with Gasteiger partial charge in [0.2, 0.25) is 0 Å². The predicted octanol–water partition coefficient (Wildman–Crippen LogP) is 5.00. The number of fused-ring (bicyclic) bond motifs is 1. The normalized spacial score (nSPS) is 20.4. The lowest BCUT2D eigenvalue weighted by Crippen LogP contribution is -2.55. The van der Waals surface area contributed by atoms with Gasteiger partial charge in [0.25, 0.3) is 0 Å². The highest BCUT2D eigenvalue weighted by atomic mass is 35.5. The fourth-order valence-corrected chi connectivity index (χ4v) is 6.41. The largest absolute Gasteiger partial charge is 0.461 e. The van der Waals surface area contributed by atoms with Gasteiger partial charge in [0.15, 0.2) is 11.3 Å². The molecule has 2 aliphatic rings. The van der Waals surface area contributed by atoms with Gasteiger partial charge in [-0.05, 0) is 53.5 Å². The number of imidazole rings is 1. The molecular formula is C28H35ClN6O5S. The molecule has 5 rings (SSSR count). The number of hydrogen-bond donors (Lipinski definition) is 1. The molecule has 0 aliphatic carbocycles. The number of halogens is 1. The second kappa shape index (κ2) is 11.7. The molecule has 2 saturated heterocycles. The third kappa shape index (κ3) is 6.39. The number of rotatable bonds is 6. The molecule has 2 aliphatic heterocycles. The summed E-state index contributed by atoms with van der Waals surface area (Å²) in [4.78, 5) is 41.2. The first kappa shape index (κ1) is 29.4. The molecule has 3 aromatic heterocycles. The monoisotopic (exact) mass is 602 g/mol. The number of pyridine rings is 1. The van der Waals surface area contributed by atoms with E-state index in [-0.39, 0.29) is 29.9 Å². The minimum absolute atomic E-state index is 0.0880. The number of nitrogens with zero attached hydrogens (tertiary/aromatic N) is 5. The first-order valence-corrected chi connectivity index (χ1v) is 14.9. The zero-order valence-corrected chi connectivity index (χ0v) is 25.4. The summed E-state index contributed by atoms with van der Waals surface area (Å²) in [5.74, 6) is 0.304. The van der Waals surface area contributed by atoms with Crippen LogP contribution in [0.15, 0.2) is 40.8 Å². The Balaban J connectivity index is 1.22. The van der Waals surface area contributed by atoms with E-state index in [9.17, 15) is 9.59 Å². The molecule has 1 amide bonds. The van der Waals surface area contributed by atoms with Crippen LogP contribution in [0.3, 0.4) is 0 Å². The van der Waals surface area contributed by atoms with Crippen molar-refractivity contribution in [3.63, 3.8) is 0 Å². The van der Waals surface area contributed by atoms with Crippen LogP contribution < -0.4 is 10.2 Å². The van der Waals surface area contributed by atoms with Crippen molar-refractivity contribution in [2.24, 2.45) is 5.41 Å². The number of carbonyl (C=O) groups excluding carboxylic acids is 2. The maximum atomic E-state index is 12.5. The number of nitrogens with one attached hydrogen (secondary N) is 1. The maximum absolute atomic E-state index is 12.5. The van der Waals surface area contributed by atoms with Crippen molar-refractivity contribution in [2.75, 3.05) is 31.2 Å². The number of hydrogen-bond acceptors (Lipinski definition) is 10. The average Bonchev–Trinajstić information content (AvgIpc) is 3.49. The second-order valence-electron chi connectivity index (χ2n) is 11.4. The molecule has 13 heteroatoms. The van der Waals surface area contributed by atoms with Crippen molar-refractivity contribution in [1.29, 1.82) is 0 Å². The van der Waals surface area contributed by atoms with E-state index in [2.05, 4.69) is 25.2 Å². The van der Waals surface area contributed by atoms with Crippen LogP contribution >= 0.6 is 23.4 Å². The summed E-state index contributed by atoms with van der Waals surface area (Å²) >= 11 is 8.00. The van der Waals surface area contributed by atoms with Crippen LogP contribution in [0.2, 0.25) is 5.02 Å². The summed E-state index contributed by atoms with van der Waals surface area (Å²) in [6, 6.07) is 1.73. The number of anilines is 1. The van der Waals surface area contributed by atoms with Crippen LogP contribution in [0, 0.1) is 5.41 Å². The predicted molar refractivity (Wildman–Crippen MR) is 155 cm³/mol. The van der Waals surface area contributed by atoms with Gasteiger partial charge in [0.1, 0.15) is 16.4 Å². The molecule has 220 valence electrons. The van der Waals surface area contributed by atoms with E-state index in [1.807, 2.05) is 33.8 Å². The lowest BCUT2D eigenvalue weighted by Gasteiger charge is -2.42. The average molecular weight is 603 g/mol. The van der Waals surface area contributed by atoms with Crippen molar-refractivity contribution in [1.82, 2.24) is 24.7 Å². The van der Waals surface area contributed by atoms with Gasteiger partial charge >= 0.3 is 12.1 Å². The van der Waals surface area contributed by atoms with E-state index in [0.29, 0.717) is 22.3 Å². The van der Waals surface area contributed by atoms with Crippen molar-refractivity contribution < 1.29 is 23.8 Å². The lowest BCUT2D eigenvalue weighted by atomic mass is 9.73. The van der Waals surface area contributed by atoms with Crippen LogP contribution in [-0.4, -0.2) is 75.5 Å². The molecule has 2 fully saturated rings. The molecule has 2 atom stereocenters. The number of piperidine rings is 1. The molecule has 0 unspecified atom stereocenters. The minimum Gasteiger partial charge on any atom is -0.461 e. The Morgan fingerprint density at radius 3 is 2.66 bits per heavy atom. The molecule has 0 aromatic carbocycles. The third-order valence-corrected chi connectivity index (χ3v) is 8.83. The Bertz CT molecular complexity index is 1420. The summed E-state index contributed by atoms with van der Waals surface area (Å²) in [5.41, 5.74) is -0.0341. The van der Waals surface area contributed by atoms with Crippen LogP contribution in [0.1, 0.15) is 57.9 Å². The molecule has 0 radical (unpaired) electrons. The minimum atomic E-state index is -0.558. The van der Waals surface area contributed by atoms with Crippen LogP contribution in [0.5, 0.6) is 0 Å². The first-order chi connectivity index (χ1) is 19.5. The van der Waals surface area contributed by atoms with Crippen LogP contribution in [0.4, 0.5) is 10.6 Å². The zero-order valence-electron chi connectivity index (χ0n) is 23.8. The van der Waals surface area contributed by atoms with Gasteiger partial charge in [-0.1, -0.05) is 23.4 Å². The number of ether oxygens (including phenoxy) is 3. The molecule has 5 heterocycles. The highest BCUT2D eigenvalue weighted by molar-refractivity contribution is 7.99. The summed E-state index contributed by atoms with van der Waals surface area (Å²) in [6.07, 6.45) is 8.09. The molecule has 0 bridgehead atoms. The first-order valence-electron chi connectivity index (χ1n) is 13.7. The SMILES string of the molecule is CCOC(=O)c1cn2ccc(Sc3cnc(N4CCC5(CC4)CO[C@@H](C)[C@H]5NC(=O)OC(C)(C)C)cn3)c(Cl)c2n1. The van der Waals surface area contributed by atoms with Crippen molar-refractivity contribution in [3.05, 3.63) is 41.6 Å². The van der Waals surface area contributed by atoms with Gasteiger partial charge in [0, 0.05) is 35.8 Å². The molecule has 0 saturated carbocycles. The van der Waals surface area contributed by atoms with Crippen LogP contribution in [0.25, 0.3) is 5.65 Å². The van der Waals surface area contributed by atoms with E-state index >= 15 is 0 Å². The Labute approximate surface area is 248 Å². The van der Waals surface area contributed by atoms with Gasteiger partial charge in [-0.25, -0.2) is 24.5 Å². The van der Waals surface area contributed by atoms with Gasteiger partial charge < -0.3 is 28.8 Å². The quantitative estimate of drug-likeness (QED) is 0.386. The Kier molecular flexibility index (Phi) is 8.36. The molecule has 1 N–H and O–H groups in total. The lowest BCUT2D eigenvalue weighted by molar-refractivity contribution is 0.0433. The number of aromatic nitrogens is 4. The number of carbonyl (C=O) groups is 2. The fourth-order valence-electron chi connectivity index (χ4n) is 5.34. The van der Waals surface area contributed by atoms with Gasteiger partial charge in [-0.2, -0.15) is 0 Å². The molecule has 11 nitrogen and oxygen atoms in total.